The number of anilines is 1. The van der Waals surface area contributed by atoms with E-state index in [1.807, 2.05) is 28.9 Å². The summed E-state index contributed by atoms with van der Waals surface area (Å²) in [5.41, 5.74) is 3.02. The number of halogens is 1. The maximum atomic E-state index is 6.68. The molecule has 0 N–H and O–H groups in total. The molecule has 0 bridgehead atoms. The molecule has 0 saturated carbocycles. The molecule has 4 aromatic rings. The van der Waals surface area contributed by atoms with Crippen LogP contribution in [0, 0.1) is 0 Å². The van der Waals surface area contributed by atoms with Crippen molar-refractivity contribution in [2.24, 2.45) is 0 Å². The fraction of sp³-hybridized carbons (Fsp3) is 0.423. The highest BCUT2D eigenvalue weighted by atomic mass is 79.9. The second-order valence-corrected chi connectivity index (χ2v) is 17.5. The van der Waals surface area contributed by atoms with Gasteiger partial charge in [0.25, 0.3) is 0 Å². The summed E-state index contributed by atoms with van der Waals surface area (Å²) >= 11 is 5.15. The molecular weight excluding hydrogens is 538 g/mol. The highest BCUT2D eigenvalue weighted by Crippen LogP contribution is 2.39. The summed E-state index contributed by atoms with van der Waals surface area (Å²) < 4.78 is 9.68. The van der Waals surface area contributed by atoms with Crippen molar-refractivity contribution < 1.29 is 4.43 Å². The van der Waals surface area contributed by atoms with Gasteiger partial charge in [0.2, 0.25) is 0 Å². The number of nitrogens with zero attached hydrogens (tertiary/aromatic N) is 5. The van der Waals surface area contributed by atoms with Crippen molar-refractivity contribution in [3.63, 3.8) is 0 Å². The molecule has 1 fully saturated rings. The highest BCUT2D eigenvalue weighted by Gasteiger charge is 2.39. The van der Waals surface area contributed by atoms with E-state index in [1.165, 1.54) is 5.69 Å². The van der Waals surface area contributed by atoms with Crippen molar-refractivity contribution in [1.82, 2.24) is 19.6 Å². The summed E-state index contributed by atoms with van der Waals surface area (Å²) in [6.07, 6.45) is 6.50. The van der Waals surface area contributed by atoms with Crippen LogP contribution < -0.4 is 4.90 Å². The van der Waals surface area contributed by atoms with Crippen LogP contribution in [-0.2, 0) is 4.43 Å². The molecule has 1 aliphatic heterocycles. The number of hydrogen-bond acceptors (Lipinski definition) is 6. The molecule has 5 rings (SSSR count). The lowest BCUT2D eigenvalue weighted by Gasteiger charge is -2.42. The summed E-state index contributed by atoms with van der Waals surface area (Å²) in [6, 6.07) is 12.6. The first kappa shape index (κ1) is 24.7. The van der Waals surface area contributed by atoms with E-state index in [0.717, 1.165) is 57.0 Å². The van der Waals surface area contributed by atoms with E-state index >= 15 is 0 Å². The molecular formula is C26H32BrN5OSSi. The van der Waals surface area contributed by atoms with Gasteiger partial charge in [0.05, 0.1) is 17.4 Å². The molecule has 1 saturated heterocycles. The Labute approximate surface area is 220 Å². The lowest BCUT2D eigenvalue weighted by molar-refractivity contribution is 0.152. The van der Waals surface area contributed by atoms with E-state index in [0.29, 0.717) is 6.10 Å². The third kappa shape index (κ3) is 5.28. The zero-order valence-electron chi connectivity index (χ0n) is 21.0. The first-order valence-corrected chi connectivity index (χ1v) is 16.6. The average Bonchev–Trinajstić information content (AvgIpc) is 3.20. The zero-order chi connectivity index (χ0) is 24.8. The number of piperidine rings is 1. The fourth-order valence-corrected chi connectivity index (χ4v) is 6.80. The van der Waals surface area contributed by atoms with Gasteiger partial charge in [0.1, 0.15) is 0 Å². The van der Waals surface area contributed by atoms with Gasteiger partial charge in [0.15, 0.2) is 19.1 Å². The van der Waals surface area contributed by atoms with Crippen molar-refractivity contribution in [2.45, 2.75) is 67.9 Å². The summed E-state index contributed by atoms with van der Waals surface area (Å²) in [5.74, 6) is 0. The Morgan fingerprint density at radius 2 is 1.83 bits per heavy atom. The molecule has 0 unspecified atom stereocenters. The van der Waals surface area contributed by atoms with Crippen molar-refractivity contribution in [2.75, 3.05) is 18.0 Å². The van der Waals surface area contributed by atoms with Crippen LogP contribution in [-0.4, -0.2) is 47.1 Å². The number of rotatable bonds is 5. The number of aromatic nitrogens is 4. The Bertz CT molecular complexity index is 1360. The maximum Gasteiger partial charge on any atom is 0.200 e. The van der Waals surface area contributed by atoms with E-state index < -0.39 is 8.32 Å². The van der Waals surface area contributed by atoms with Gasteiger partial charge in [-0.1, -0.05) is 20.8 Å². The standard InChI is InChI=1S/C26H32BrN5OSSi/c1-26(2,3)35(4,5)33-21-10-12-31(13-11-21)20-14-18-15-22(7-8-23(18)28-16-20)34-25-30-29-24-9-6-19(27)17-32(24)25/h6-9,14-17,21H,10-13H2,1-5H3. The normalized spacial score (nSPS) is 15.9. The van der Waals surface area contributed by atoms with Crippen LogP contribution in [0.1, 0.15) is 33.6 Å². The molecule has 0 spiro atoms. The van der Waals surface area contributed by atoms with Gasteiger partial charge in [-0.3, -0.25) is 9.38 Å². The van der Waals surface area contributed by atoms with Crippen LogP contribution in [0.5, 0.6) is 0 Å². The number of hydrogen-bond donors (Lipinski definition) is 0. The Hall–Kier alpha value is -1.94. The van der Waals surface area contributed by atoms with Crippen LogP contribution >= 0.6 is 27.7 Å². The van der Waals surface area contributed by atoms with Crippen LogP contribution in [0.25, 0.3) is 16.6 Å². The van der Waals surface area contributed by atoms with Crippen molar-refractivity contribution >= 4 is 58.2 Å². The minimum atomic E-state index is -1.73. The summed E-state index contributed by atoms with van der Waals surface area (Å²) in [7, 11) is -1.73. The molecule has 0 atom stereocenters. The lowest BCUT2D eigenvalue weighted by Crippen LogP contribution is -2.47. The average molecular weight is 571 g/mol. The van der Waals surface area contributed by atoms with E-state index in [2.05, 4.69) is 89.2 Å². The van der Waals surface area contributed by atoms with Crippen LogP contribution in [0.3, 0.4) is 0 Å². The summed E-state index contributed by atoms with van der Waals surface area (Å²) in [6.45, 7) is 13.6. The highest BCUT2D eigenvalue weighted by molar-refractivity contribution is 9.10. The molecule has 9 heteroatoms. The van der Waals surface area contributed by atoms with Gasteiger partial charge < -0.3 is 9.33 Å². The Morgan fingerprint density at radius 3 is 2.57 bits per heavy atom. The Morgan fingerprint density at radius 1 is 1.06 bits per heavy atom. The largest absolute Gasteiger partial charge is 0.414 e. The lowest BCUT2D eigenvalue weighted by atomic mass is 10.1. The smallest absolute Gasteiger partial charge is 0.200 e. The van der Waals surface area contributed by atoms with Gasteiger partial charge in [-0.05, 0) is 95.1 Å². The van der Waals surface area contributed by atoms with Gasteiger partial charge >= 0.3 is 0 Å². The van der Waals surface area contributed by atoms with Crippen molar-refractivity contribution in [3.8, 4) is 0 Å². The fourth-order valence-electron chi connectivity index (χ4n) is 4.18. The molecule has 35 heavy (non-hydrogen) atoms. The molecule has 0 amide bonds. The second-order valence-electron chi connectivity index (χ2n) is 10.8. The third-order valence-electron chi connectivity index (χ3n) is 7.26. The molecule has 0 radical (unpaired) electrons. The van der Waals surface area contributed by atoms with Crippen LogP contribution in [0.15, 0.2) is 63.3 Å². The zero-order valence-corrected chi connectivity index (χ0v) is 24.4. The predicted molar refractivity (Wildman–Crippen MR) is 150 cm³/mol. The number of pyridine rings is 2. The minimum Gasteiger partial charge on any atom is -0.414 e. The third-order valence-corrected chi connectivity index (χ3v) is 13.2. The molecule has 6 nitrogen and oxygen atoms in total. The molecule has 1 aliphatic rings. The molecule has 184 valence electrons. The van der Waals surface area contributed by atoms with Crippen LogP contribution in [0.2, 0.25) is 18.1 Å². The first-order chi connectivity index (χ1) is 16.6. The van der Waals surface area contributed by atoms with E-state index in [1.54, 1.807) is 11.8 Å². The maximum absolute atomic E-state index is 6.68. The van der Waals surface area contributed by atoms with Gasteiger partial charge in [-0.25, -0.2) is 0 Å². The van der Waals surface area contributed by atoms with E-state index in [4.69, 9.17) is 9.41 Å². The van der Waals surface area contributed by atoms with Gasteiger partial charge in [-0.2, -0.15) is 0 Å². The van der Waals surface area contributed by atoms with Crippen molar-refractivity contribution in [3.05, 3.63) is 53.3 Å². The Balaban J connectivity index is 1.30. The topological polar surface area (TPSA) is 55.5 Å². The predicted octanol–water partition coefficient (Wildman–Crippen LogP) is 7.18. The van der Waals surface area contributed by atoms with Gasteiger partial charge in [0, 0.05) is 40.1 Å². The SMILES string of the molecule is CC(C)(C)[Si](C)(C)OC1CCN(c2cnc3ccc(Sc4nnc5ccc(Br)cn45)cc3c2)CC1. The van der Waals surface area contributed by atoms with E-state index in [-0.39, 0.29) is 5.04 Å². The Kier molecular flexibility index (Phi) is 6.71. The summed E-state index contributed by atoms with van der Waals surface area (Å²) in [4.78, 5) is 8.32. The first-order valence-electron chi connectivity index (χ1n) is 12.1. The molecule has 0 aliphatic carbocycles. The van der Waals surface area contributed by atoms with Crippen LogP contribution in [0.4, 0.5) is 5.69 Å². The van der Waals surface area contributed by atoms with E-state index in [9.17, 15) is 0 Å². The molecule has 1 aromatic carbocycles. The quantitative estimate of drug-likeness (QED) is 0.237. The number of benzene rings is 1. The summed E-state index contributed by atoms with van der Waals surface area (Å²) in [5, 5.41) is 10.9. The molecule has 4 heterocycles. The second kappa shape index (κ2) is 9.50. The van der Waals surface area contributed by atoms with Gasteiger partial charge in [-0.15, -0.1) is 10.2 Å². The van der Waals surface area contributed by atoms with Crippen molar-refractivity contribution in [1.29, 1.82) is 0 Å². The molecule has 3 aromatic heterocycles. The monoisotopic (exact) mass is 569 g/mol. The minimum absolute atomic E-state index is 0.247. The number of fused-ring (bicyclic) bond motifs is 2.